The van der Waals surface area contributed by atoms with E-state index in [0.717, 1.165) is 12.3 Å². The molecule has 1 fully saturated rings. The molecule has 0 saturated heterocycles. The van der Waals surface area contributed by atoms with Gasteiger partial charge in [-0.25, -0.2) is 0 Å². The van der Waals surface area contributed by atoms with Crippen LogP contribution in [0.1, 0.15) is 32.1 Å². The summed E-state index contributed by atoms with van der Waals surface area (Å²) in [6.07, 6.45) is 8.91. The highest BCUT2D eigenvalue weighted by Gasteiger charge is 2.23. The van der Waals surface area contributed by atoms with Crippen LogP contribution < -0.4 is 0 Å². The van der Waals surface area contributed by atoms with E-state index in [9.17, 15) is 0 Å². The molecular weight excluding hydrogens is 136 g/mol. The lowest BCUT2D eigenvalue weighted by molar-refractivity contribution is 0.0568. The summed E-state index contributed by atoms with van der Waals surface area (Å²) in [5, 5.41) is 0. The monoisotopic (exact) mass is 154 g/mol. The summed E-state index contributed by atoms with van der Waals surface area (Å²) in [6, 6.07) is 0. The maximum absolute atomic E-state index is 5.40. The number of hydrogen-bond donors (Lipinski definition) is 0. The molecule has 1 atom stereocenters. The Bertz CT molecular complexity index is 114. The van der Waals surface area contributed by atoms with E-state index in [1.54, 1.807) is 0 Å². The molecule has 0 N–H and O–H groups in total. The number of ether oxygens (including phenoxy) is 1. The Hall–Kier alpha value is -0.300. The first kappa shape index (κ1) is 8.79. The fourth-order valence-corrected chi connectivity index (χ4v) is 1.97. The SMILES string of the molecule is C=CCC(OC)C1CCCC1. The van der Waals surface area contributed by atoms with Gasteiger partial charge in [-0.1, -0.05) is 18.9 Å². The molecule has 1 rings (SSSR count). The molecule has 1 nitrogen and oxygen atoms in total. The zero-order valence-electron chi connectivity index (χ0n) is 7.38. The van der Waals surface area contributed by atoms with Gasteiger partial charge in [0, 0.05) is 7.11 Å². The van der Waals surface area contributed by atoms with Crippen LogP contribution in [-0.2, 0) is 4.74 Å². The van der Waals surface area contributed by atoms with Gasteiger partial charge in [-0.2, -0.15) is 0 Å². The van der Waals surface area contributed by atoms with Crippen LogP contribution in [0, 0.1) is 5.92 Å². The molecule has 1 saturated carbocycles. The number of hydrogen-bond acceptors (Lipinski definition) is 1. The molecule has 0 amide bonds. The average Bonchev–Trinajstić information content (AvgIpc) is 2.52. The molecule has 0 aromatic carbocycles. The lowest BCUT2D eigenvalue weighted by atomic mass is 9.98. The van der Waals surface area contributed by atoms with E-state index in [0.29, 0.717) is 6.10 Å². The van der Waals surface area contributed by atoms with E-state index in [1.807, 2.05) is 13.2 Å². The van der Waals surface area contributed by atoms with Crippen molar-refractivity contribution in [3.63, 3.8) is 0 Å². The summed E-state index contributed by atoms with van der Waals surface area (Å²) in [6.45, 7) is 3.74. The summed E-state index contributed by atoms with van der Waals surface area (Å²) < 4.78 is 5.40. The molecule has 0 spiro atoms. The number of rotatable bonds is 4. The molecule has 1 unspecified atom stereocenters. The quantitative estimate of drug-likeness (QED) is 0.566. The van der Waals surface area contributed by atoms with Gasteiger partial charge in [0.05, 0.1) is 6.10 Å². The molecule has 0 aromatic rings. The van der Waals surface area contributed by atoms with Gasteiger partial charge in [-0.3, -0.25) is 0 Å². The summed E-state index contributed by atoms with van der Waals surface area (Å²) in [5.41, 5.74) is 0. The molecule has 1 heteroatoms. The normalized spacial score (nSPS) is 21.9. The molecule has 0 heterocycles. The van der Waals surface area contributed by atoms with Crippen LogP contribution in [0.4, 0.5) is 0 Å². The Morgan fingerprint density at radius 1 is 1.55 bits per heavy atom. The van der Waals surface area contributed by atoms with Gasteiger partial charge in [0.1, 0.15) is 0 Å². The van der Waals surface area contributed by atoms with Crippen LogP contribution in [0.15, 0.2) is 12.7 Å². The van der Waals surface area contributed by atoms with E-state index in [-0.39, 0.29) is 0 Å². The average molecular weight is 154 g/mol. The molecule has 0 bridgehead atoms. The Kier molecular flexibility index (Phi) is 3.64. The zero-order valence-corrected chi connectivity index (χ0v) is 7.38. The molecule has 0 radical (unpaired) electrons. The minimum absolute atomic E-state index is 0.440. The van der Waals surface area contributed by atoms with Crippen LogP contribution in [0.5, 0.6) is 0 Å². The topological polar surface area (TPSA) is 9.23 Å². The van der Waals surface area contributed by atoms with Crippen molar-refractivity contribution in [3.05, 3.63) is 12.7 Å². The summed E-state index contributed by atoms with van der Waals surface area (Å²) >= 11 is 0. The largest absolute Gasteiger partial charge is 0.381 e. The second-order valence-corrected chi connectivity index (χ2v) is 3.34. The lowest BCUT2D eigenvalue weighted by Gasteiger charge is -2.19. The second kappa shape index (κ2) is 4.55. The Morgan fingerprint density at radius 3 is 2.64 bits per heavy atom. The van der Waals surface area contributed by atoms with Crippen LogP contribution >= 0.6 is 0 Å². The fraction of sp³-hybridized carbons (Fsp3) is 0.800. The Balaban J connectivity index is 2.33. The molecule has 64 valence electrons. The van der Waals surface area contributed by atoms with Gasteiger partial charge in [-0.15, -0.1) is 6.58 Å². The van der Waals surface area contributed by atoms with E-state index in [4.69, 9.17) is 4.74 Å². The third-order valence-corrected chi connectivity index (χ3v) is 2.63. The third kappa shape index (κ3) is 2.33. The Morgan fingerprint density at radius 2 is 2.18 bits per heavy atom. The Labute approximate surface area is 69.4 Å². The van der Waals surface area contributed by atoms with Crippen LogP contribution in [0.2, 0.25) is 0 Å². The van der Waals surface area contributed by atoms with E-state index < -0.39 is 0 Å². The highest BCUT2D eigenvalue weighted by molar-refractivity contribution is 4.81. The van der Waals surface area contributed by atoms with Gasteiger partial charge in [0.25, 0.3) is 0 Å². The van der Waals surface area contributed by atoms with E-state index >= 15 is 0 Å². The first-order valence-corrected chi connectivity index (χ1v) is 4.52. The van der Waals surface area contributed by atoms with Gasteiger partial charge >= 0.3 is 0 Å². The van der Waals surface area contributed by atoms with Crippen molar-refractivity contribution in [2.75, 3.05) is 7.11 Å². The maximum atomic E-state index is 5.40. The van der Waals surface area contributed by atoms with E-state index in [1.165, 1.54) is 25.7 Å². The van der Waals surface area contributed by atoms with Crippen molar-refractivity contribution in [3.8, 4) is 0 Å². The third-order valence-electron chi connectivity index (χ3n) is 2.63. The molecule has 1 aliphatic rings. The number of methoxy groups -OCH3 is 1. The van der Waals surface area contributed by atoms with Crippen LogP contribution in [0.25, 0.3) is 0 Å². The predicted octanol–water partition coefficient (Wildman–Crippen LogP) is 2.77. The zero-order chi connectivity index (χ0) is 8.10. The standard InChI is InChI=1S/C10H18O/c1-3-6-10(11-2)9-7-4-5-8-9/h3,9-10H,1,4-8H2,2H3. The van der Waals surface area contributed by atoms with Crippen molar-refractivity contribution >= 4 is 0 Å². The highest BCUT2D eigenvalue weighted by Crippen LogP contribution is 2.30. The smallest absolute Gasteiger partial charge is 0.0633 e. The molecular formula is C10H18O. The summed E-state index contributed by atoms with van der Waals surface area (Å²) in [5.74, 6) is 0.804. The van der Waals surface area contributed by atoms with Crippen molar-refractivity contribution in [1.29, 1.82) is 0 Å². The van der Waals surface area contributed by atoms with Gasteiger partial charge in [0.2, 0.25) is 0 Å². The highest BCUT2D eigenvalue weighted by atomic mass is 16.5. The molecule has 1 aliphatic carbocycles. The molecule has 11 heavy (non-hydrogen) atoms. The predicted molar refractivity (Wildman–Crippen MR) is 47.6 cm³/mol. The van der Waals surface area contributed by atoms with Crippen molar-refractivity contribution in [1.82, 2.24) is 0 Å². The van der Waals surface area contributed by atoms with Gasteiger partial charge < -0.3 is 4.74 Å². The summed E-state index contributed by atoms with van der Waals surface area (Å²) in [4.78, 5) is 0. The van der Waals surface area contributed by atoms with Crippen LogP contribution in [0.3, 0.4) is 0 Å². The minimum Gasteiger partial charge on any atom is -0.381 e. The minimum atomic E-state index is 0.440. The lowest BCUT2D eigenvalue weighted by Crippen LogP contribution is -2.19. The summed E-state index contributed by atoms with van der Waals surface area (Å²) in [7, 11) is 1.81. The maximum Gasteiger partial charge on any atom is 0.0633 e. The van der Waals surface area contributed by atoms with Crippen molar-refractivity contribution in [2.45, 2.75) is 38.2 Å². The van der Waals surface area contributed by atoms with Crippen molar-refractivity contribution < 1.29 is 4.74 Å². The fourth-order valence-electron chi connectivity index (χ4n) is 1.97. The van der Waals surface area contributed by atoms with Gasteiger partial charge in [0.15, 0.2) is 0 Å². The first-order valence-electron chi connectivity index (χ1n) is 4.52. The van der Waals surface area contributed by atoms with Gasteiger partial charge in [-0.05, 0) is 25.2 Å². The molecule has 0 aliphatic heterocycles. The van der Waals surface area contributed by atoms with E-state index in [2.05, 4.69) is 6.58 Å². The second-order valence-electron chi connectivity index (χ2n) is 3.34. The van der Waals surface area contributed by atoms with Crippen LogP contribution in [-0.4, -0.2) is 13.2 Å². The molecule has 0 aromatic heterocycles. The first-order chi connectivity index (χ1) is 5.38. The van der Waals surface area contributed by atoms with Crippen molar-refractivity contribution in [2.24, 2.45) is 5.92 Å².